The van der Waals surface area contributed by atoms with Gasteiger partial charge in [0.25, 0.3) is 5.91 Å². The molecule has 0 spiro atoms. The van der Waals surface area contributed by atoms with Crippen molar-refractivity contribution in [2.24, 2.45) is 4.99 Å². The van der Waals surface area contributed by atoms with E-state index in [1.807, 2.05) is 73.8 Å². The Hall–Kier alpha value is -2.88. The van der Waals surface area contributed by atoms with Gasteiger partial charge in [-0.15, -0.1) is 0 Å². The molecule has 124 valence electrons. The molecule has 0 radical (unpaired) electrons. The molecule has 0 heterocycles. The Morgan fingerprint density at radius 1 is 1.04 bits per heavy atom. The Bertz CT molecular complexity index is 721. The van der Waals surface area contributed by atoms with Crippen molar-refractivity contribution >= 4 is 11.7 Å². The third-order valence-electron chi connectivity index (χ3n) is 3.62. The lowest BCUT2D eigenvalue weighted by Crippen LogP contribution is -2.28. The second-order valence-electron chi connectivity index (χ2n) is 5.35. The van der Waals surface area contributed by atoms with Gasteiger partial charge in [-0.3, -0.25) is 9.79 Å². The van der Waals surface area contributed by atoms with Gasteiger partial charge < -0.3 is 10.2 Å². The first-order valence-electron chi connectivity index (χ1n) is 7.97. The van der Waals surface area contributed by atoms with Gasteiger partial charge in [-0.1, -0.05) is 55.5 Å². The second-order valence-corrected chi connectivity index (χ2v) is 5.35. The highest BCUT2D eigenvalue weighted by atomic mass is 16.2. The van der Waals surface area contributed by atoms with Gasteiger partial charge in [-0.25, -0.2) is 0 Å². The fraction of sp³-hybridized carbons (Fsp3) is 0.200. The molecule has 1 N–H and O–H groups in total. The van der Waals surface area contributed by atoms with Gasteiger partial charge in [0.1, 0.15) is 5.84 Å². The second kappa shape index (κ2) is 8.67. The molecule has 2 rings (SSSR count). The highest BCUT2D eigenvalue weighted by molar-refractivity contribution is 6.00. The number of allylic oxidation sites excluding steroid dienone is 1. The molecule has 0 aliphatic heterocycles. The van der Waals surface area contributed by atoms with Crippen LogP contribution in [0.15, 0.2) is 77.6 Å². The van der Waals surface area contributed by atoms with E-state index in [9.17, 15) is 4.79 Å². The topological polar surface area (TPSA) is 44.7 Å². The molecule has 0 aliphatic carbocycles. The van der Waals surface area contributed by atoms with Gasteiger partial charge in [0, 0.05) is 37.1 Å². The fourth-order valence-electron chi connectivity index (χ4n) is 2.29. The lowest BCUT2D eigenvalue weighted by Gasteiger charge is -2.17. The van der Waals surface area contributed by atoms with Crippen molar-refractivity contribution in [1.29, 1.82) is 0 Å². The summed E-state index contributed by atoms with van der Waals surface area (Å²) in [7, 11) is 3.51. The van der Waals surface area contributed by atoms with Crippen LogP contribution in [0.25, 0.3) is 0 Å². The first-order valence-corrected chi connectivity index (χ1v) is 7.97. The number of aliphatic imine (C=N–C) groups is 1. The monoisotopic (exact) mass is 321 g/mol. The summed E-state index contributed by atoms with van der Waals surface area (Å²) in [5, 5.41) is 3.32. The van der Waals surface area contributed by atoms with E-state index in [0.717, 1.165) is 23.5 Å². The largest absolute Gasteiger partial charge is 0.342 e. The zero-order valence-electron chi connectivity index (χ0n) is 14.4. The summed E-state index contributed by atoms with van der Waals surface area (Å²) in [4.78, 5) is 18.4. The van der Waals surface area contributed by atoms with E-state index in [4.69, 9.17) is 0 Å². The highest BCUT2D eigenvalue weighted by Crippen LogP contribution is 2.08. The van der Waals surface area contributed by atoms with Crippen molar-refractivity contribution < 1.29 is 4.79 Å². The van der Waals surface area contributed by atoms with Crippen molar-refractivity contribution in [3.63, 3.8) is 0 Å². The van der Waals surface area contributed by atoms with Crippen LogP contribution in [0.5, 0.6) is 0 Å². The molecule has 0 aliphatic rings. The zero-order valence-corrected chi connectivity index (χ0v) is 14.4. The summed E-state index contributed by atoms with van der Waals surface area (Å²) in [5.74, 6) is 0.738. The van der Waals surface area contributed by atoms with Crippen LogP contribution in [0.2, 0.25) is 0 Å². The molecular weight excluding hydrogens is 298 g/mol. The Morgan fingerprint density at radius 2 is 1.58 bits per heavy atom. The molecule has 2 aromatic carbocycles. The van der Waals surface area contributed by atoms with E-state index >= 15 is 0 Å². The molecule has 0 aromatic heterocycles. The SMILES string of the molecule is CC/C(=C/N(C)C(=O)c1ccccc1)NC(=NC)c1ccccc1. The zero-order chi connectivity index (χ0) is 17.4. The van der Waals surface area contributed by atoms with Gasteiger partial charge in [0.05, 0.1) is 0 Å². The highest BCUT2D eigenvalue weighted by Gasteiger charge is 2.11. The van der Waals surface area contributed by atoms with Crippen molar-refractivity contribution in [3.05, 3.63) is 83.7 Å². The first kappa shape index (κ1) is 17.5. The molecule has 0 bridgehead atoms. The van der Waals surface area contributed by atoms with E-state index in [1.165, 1.54) is 0 Å². The minimum absolute atomic E-state index is 0.0435. The number of amidine groups is 1. The number of carbonyl (C=O) groups is 1. The predicted octanol–water partition coefficient (Wildman–Crippen LogP) is 3.68. The van der Waals surface area contributed by atoms with Crippen molar-refractivity contribution in [2.45, 2.75) is 13.3 Å². The standard InChI is InChI=1S/C20H23N3O/c1-4-18(22-19(21-2)16-11-7-5-8-12-16)15-23(3)20(24)17-13-9-6-10-14-17/h5-15H,4H2,1-3H3,(H,21,22)/b18-15-. The fourth-order valence-corrected chi connectivity index (χ4v) is 2.29. The Morgan fingerprint density at radius 3 is 2.08 bits per heavy atom. The van der Waals surface area contributed by atoms with Crippen LogP contribution in [-0.2, 0) is 0 Å². The normalized spacial score (nSPS) is 12.0. The number of hydrogen-bond acceptors (Lipinski definition) is 2. The number of nitrogens with zero attached hydrogens (tertiary/aromatic N) is 2. The predicted molar refractivity (Wildman–Crippen MR) is 98.9 cm³/mol. The average Bonchev–Trinajstić information content (AvgIpc) is 2.65. The smallest absolute Gasteiger partial charge is 0.257 e. The van der Waals surface area contributed by atoms with Crippen LogP contribution in [0.4, 0.5) is 0 Å². The molecule has 2 aromatic rings. The van der Waals surface area contributed by atoms with E-state index in [0.29, 0.717) is 5.56 Å². The summed E-state index contributed by atoms with van der Waals surface area (Å²) in [6, 6.07) is 19.2. The van der Waals surface area contributed by atoms with Crippen molar-refractivity contribution in [1.82, 2.24) is 10.2 Å². The first-order chi connectivity index (χ1) is 11.7. The number of nitrogens with one attached hydrogen (secondary N) is 1. The van der Waals surface area contributed by atoms with Gasteiger partial charge in [-0.05, 0) is 18.6 Å². The summed E-state index contributed by atoms with van der Waals surface area (Å²) in [5.41, 5.74) is 2.60. The van der Waals surface area contributed by atoms with Gasteiger partial charge >= 0.3 is 0 Å². The van der Waals surface area contributed by atoms with Crippen LogP contribution in [0.3, 0.4) is 0 Å². The quantitative estimate of drug-likeness (QED) is 0.674. The van der Waals surface area contributed by atoms with Gasteiger partial charge in [0.15, 0.2) is 0 Å². The van der Waals surface area contributed by atoms with E-state index in [2.05, 4.69) is 10.3 Å². The lowest BCUT2D eigenvalue weighted by atomic mass is 10.2. The van der Waals surface area contributed by atoms with E-state index in [-0.39, 0.29) is 5.91 Å². The summed E-state index contributed by atoms with van der Waals surface area (Å²) in [6.07, 6.45) is 2.59. The number of hydrogen-bond donors (Lipinski definition) is 1. The molecule has 24 heavy (non-hydrogen) atoms. The van der Waals surface area contributed by atoms with Crippen molar-refractivity contribution in [2.75, 3.05) is 14.1 Å². The maximum Gasteiger partial charge on any atom is 0.257 e. The van der Waals surface area contributed by atoms with Crippen LogP contribution in [-0.4, -0.2) is 30.7 Å². The molecule has 0 saturated heterocycles. The van der Waals surface area contributed by atoms with E-state index < -0.39 is 0 Å². The van der Waals surface area contributed by atoms with Crippen LogP contribution < -0.4 is 5.32 Å². The number of carbonyl (C=O) groups excluding carboxylic acids is 1. The molecular formula is C20H23N3O. The molecule has 0 unspecified atom stereocenters. The number of amides is 1. The minimum Gasteiger partial charge on any atom is -0.342 e. The van der Waals surface area contributed by atoms with Crippen molar-refractivity contribution in [3.8, 4) is 0 Å². The molecule has 4 heteroatoms. The molecule has 1 amide bonds. The Labute approximate surface area is 143 Å². The van der Waals surface area contributed by atoms with Gasteiger partial charge in [0.2, 0.25) is 0 Å². The number of benzene rings is 2. The number of rotatable bonds is 5. The average molecular weight is 321 g/mol. The molecule has 0 fully saturated rings. The molecule has 0 atom stereocenters. The summed E-state index contributed by atoms with van der Waals surface area (Å²) < 4.78 is 0. The molecule has 0 saturated carbocycles. The minimum atomic E-state index is -0.0435. The third-order valence-corrected chi connectivity index (χ3v) is 3.62. The van der Waals surface area contributed by atoms with Crippen LogP contribution in [0.1, 0.15) is 29.3 Å². The maximum atomic E-state index is 12.4. The summed E-state index contributed by atoms with van der Waals surface area (Å²) in [6.45, 7) is 2.04. The molecule has 4 nitrogen and oxygen atoms in total. The van der Waals surface area contributed by atoms with Crippen LogP contribution in [0, 0.1) is 0 Å². The van der Waals surface area contributed by atoms with Gasteiger partial charge in [-0.2, -0.15) is 0 Å². The Balaban J connectivity index is 2.15. The maximum absolute atomic E-state index is 12.4. The Kier molecular flexibility index (Phi) is 6.32. The third kappa shape index (κ3) is 4.56. The van der Waals surface area contributed by atoms with Crippen LogP contribution >= 0.6 is 0 Å². The lowest BCUT2D eigenvalue weighted by molar-refractivity contribution is 0.0848. The van der Waals surface area contributed by atoms with E-state index in [1.54, 1.807) is 19.0 Å². The summed E-state index contributed by atoms with van der Waals surface area (Å²) >= 11 is 0.